The molecule has 0 amide bonds. The number of aromatic amines is 1. The Kier molecular flexibility index (Phi) is 2.57. The summed E-state index contributed by atoms with van der Waals surface area (Å²) in [7, 11) is 1.42. The molecule has 7 heteroatoms. The maximum absolute atomic E-state index is 11.2. The normalized spacial score (nSPS) is 9.43. The Labute approximate surface area is 78.8 Å². The van der Waals surface area contributed by atoms with Gasteiger partial charge in [0, 0.05) is 7.05 Å². The van der Waals surface area contributed by atoms with E-state index in [0.717, 1.165) is 4.57 Å². The summed E-state index contributed by atoms with van der Waals surface area (Å²) in [5.74, 6) is 0.00833. The van der Waals surface area contributed by atoms with E-state index in [-0.39, 0.29) is 18.1 Å². The van der Waals surface area contributed by atoms with Gasteiger partial charge in [0.15, 0.2) is 0 Å². The second kappa shape index (κ2) is 3.66. The van der Waals surface area contributed by atoms with Crippen LogP contribution in [-0.2, 0) is 7.05 Å². The molecule has 0 unspecified atom stereocenters. The fourth-order valence-electron chi connectivity index (χ4n) is 0.936. The Bertz CT molecular complexity index is 492. The standard InChI is InChI=1S/C7H9N5O2/c1-12-5(9)4(10-3-2-8)6(13)11-7(12)14/h10H,3,9H2,1H3,(H,11,13,14). The molecule has 0 aliphatic carbocycles. The van der Waals surface area contributed by atoms with Crippen LogP contribution in [0.4, 0.5) is 11.5 Å². The lowest BCUT2D eigenvalue weighted by molar-refractivity contribution is 0.814. The number of rotatable bonds is 2. The Hall–Kier alpha value is -2.23. The zero-order valence-electron chi connectivity index (χ0n) is 7.50. The van der Waals surface area contributed by atoms with Gasteiger partial charge in [-0.15, -0.1) is 0 Å². The molecular formula is C7H9N5O2. The molecular weight excluding hydrogens is 186 g/mol. The zero-order chi connectivity index (χ0) is 10.7. The molecule has 7 nitrogen and oxygen atoms in total. The highest BCUT2D eigenvalue weighted by Crippen LogP contribution is 2.06. The molecule has 1 aromatic heterocycles. The second-order valence-corrected chi connectivity index (χ2v) is 2.59. The van der Waals surface area contributed by atoms with E-state index >= 15 is 0 Å². The molecule has 0 fully saturated rings. The number of nitrogen functional groups attached to an aromatic ring is 1. The van der Waals surface area contributed by atoms with E-state index in [1.165, 1.54) is 7.05 Å². The number of H-pyrrole nitrogens is 1. The Morgan fingerprint density at radius 1 is 1.64 bits per heavy atom. The molecule has 1 rings (SSSR count). The molecule has 0 aliphatic rings. The Morgan fingerprint density at radius 3 is 2.86 bits per heavy atom. The first-order valence-electron chi connectivity index (χ1n) is 3.77. The smallest absolute Gasteiger partial charge is 0.329 e. The molecule has 1 aromatic rings. The van der Waals surface area contributed by atoms with Crippen LogP contribution in [-0.4, -0.2) is 16.1 Å². The summed E-state index contributed by atoms with van der Waals surface area (Å²) in [6.07, 6.45) is 0. The molecule has 0 aliphatic heterocycles. The number of nitriles is 1. The Balaban J connectivity index is 3.31. The fourth-order valence-corrected chi connectivity index (χ4v) is 0.936. The van der Waals surface area contributed by atoms with Gasteiger partial charge in [-0.3, -0.25) is 14.3 Å². The largest absolute Gasteiger partial charge is 0.383 e. The van der Waals surface area contributed by atoms with E-state index in [1.54, 1.807) is 6.07 Å². The molecule has 4 N–H and O–H groups in total. The predicted octanol–water partition coefficient (Wildman–Crippen LogP) is -1.41. The molecule has 1 heterocycles. The van der Waals surface area contributed by atoms with Gasteiger partial charge in [0.1, 0.15) is 18.1 Å². The van der Waals surface area contributed by atoms with Crippen LogP contribution in [0.5, 0.6) is 0 Å². The van der Waals surface area contributed by atoms with Crippen LogP contribution in [0.1, 0.15) is 0 Å². The summed E-state index contributed by atoms with van der Waals surface area (Å²) in [5, 5.41) is 10.8. The summed E-state index contributed by atoms with van der Waals surface area (Å²) in [6.45, 7) is -0.0501. The van der Waals surface area contributed by atoms with Crippen molar-refractivity contribution in [3.05, 3.63) is 20.8 Å². The first kappa shape index (κ1) is 9.85. The highest BCUT2D eigenvalue weighted by molar-refractivity contribution is 5.60. The van der Waals surface area contributed by atoms with Crippen molar-refractivity contribution in [1.82, 2.24) is 9.55 Å². The lowest BCUT2D eigenvalue weighted by atomic mass is 10.4. The number of anilines is 2. The minimum atomic E-state index is -0.624. The van der Waals surface area contributed by atoms with Crippen molar-refractivity contribution in [2.45, 2.75) is 0 Å². The van der Waals surface area contributed by atoms with Crippen molar-refractivity contribution in [1.29, 1.82) is 5.26 Å². The molecule has 0 radical (unpaired) electrons. The van der Waals surface area contributed by atoms with Crippen molar-refractivity contribution in [2.75, 3.05) is 17.6 Å². The van der Waals surface area contributed by atoms with Crippen molar-refractivity contribution < 1.29 is 0 Å². The summed E-state index contributed by atoms with van der Waals surface area (Å²) in [5.41, 5.74) is 4.32. The number of hydrogen-bond acceptors (Lipinski definition) is 5. The number of nitrogens with zero attached hydrogens (tertiary/aromatic N) is 2. The molecule has 0 atom stereocenters. The third-order valence-electron chi connectivity index (χ3n) is 1.71. The molecule has 14 heavy (non-hydrogen) atoms. The Morgan fingerprint density at radius 2 is 2.29 bits per heavy atom. The van der Waals surface area contributed by atoms with Gasteiger partial charge in [0.2, 0.25) is 0 Å². The van der Waals surface area contributed by atoms with E-state index in [2.05, 4.69) is 10.3 Å². The van der Waals surface area contributed by atoms with Crippen LogP contribution in [0.3, 0.4) is 0 Å². The van der Waals surface area contributed by atoms with E-state index in [0.29, 0.717) is 0 Å². The van der Waals surface area contributed by atoms with Crippen molar-refractivity contribution in [2.24, 2.45) is 7.05 Å². The van der Waals surface area contributed by atoms with E-state index in [4.69, 9.17) is 11.0 Å². The van der Waals surface area contributed by atoms with Gasteiger partial charge >= 0.3 is 5.69 Å². The summed E-state index contributed by atoms with van der Waals surface area (Å²) in [6, 6.07) is 1.80. The summed E-state index contributed by atoms with van der Waals surface area (Å²) in [4.78, 5) is 24.3. The highest BCUT2D eigenvalue weighted by atomic mass is 16.2. The predicted molar refractivity (Wildman–Crippen MR) is 50.8 cm³/mol. The number of aromatic nitrogens is 2. The summed E-state index contributed by atoms with van der Waals surface area (Å²) < 4.78 is 1.08. The van der Waals surface area contributed by atoms with Gasteiger partial charge in [-0.25, -0.2) is 4.79 Å². The third-order valence-corrected chi connectivity index (χ3v) is 1.71. The van der Waals surface area contributed by atoms with Gasteiger partial charge in [-0.1, -0.05) is 0 Å². The number of nitrogens with one attached hydrogen (secondary N) is 2. The third kappa shape index (κ3) is 1.59. The number of hydrogen-bond donors (Lipinski definition) is 3. The van der Waals surface area contributed by atoms with E-state index < -0.39 is 11.2 Å². The number of nitrogens with two attached hydrogens (primary N) is 1. The summed E-state index contributed by atoms with van der Waals surface area (Å²) >= 11 is 0. The van der Waals surface area contributed by atoms with Gasteiger partial charge in [0.05, 0.1) is 6.07 Å². The lowest BCUT2D eigenvalue weighted by Crippen LogP contribution is -2.32. The lowest BCUT2D eigenvalue weighted by Gasteiger charge is -2.07. The fraction of sp³-hybridized carbons (Fsp3) is 0.286. The molecule has 0 spiro atoms. The van der Waals surface area contributed by atoms with Crippen molar-refractivity contribution >= 4 is 11.5 Å². The SMILES string of the molecule is Cn1c(N)c(NCC#N)c(=O)[nH]c1=O. The molecule has 74 valence electrons. The monoisotopic (exact) mass is 195 g/mol. The highest BCUT2D eigenvalue weighted by Gasteiger charge is 2.08. The van der Waals surface area contributed by atoms with Crippen molar-refractivity contribution in [3.8, 4) is 6.07 Å². The first-order chi connectivity index (χ1) is 6.57. The minimum Gasteiger partial charge on any atom is -0.383 e. The molecule has 0 bridgehead atoms. The van der Waals surface area contributed by atoms with Gasteiger partial charge in [-0.05, 0) is 0 Å². The average Bonchev–Trinajstić information content (AvgIpc) is 2.14. The maximum atomic E-state index is 11.2. The quantitative estimate of drug-likeness (QED) is 0.501. The second-order valence-electron chi connectivity index (χ2n) is 2.59. The topological polar surface area (TPSA) is 117 Å². The van der Waals surface area contributed by atoms with Crippen LogP contribution in [0.25, 0.3) is 0 Å². The van der Waals surface area contributed by atoms with Crippen LogP contribution in [0.15, 0.2) is 9.59 Å². The van der Waals surface area contributed by atoms with Crippen LogP contribution in [0, 0.1) is 11.3 Å². The first-order valence-corrected chi connectivity index (χ1v) is 3.77. The van der Waals surface area contributed by atoms with Gasteiger partial charge in [-0.2, -0.15) is 5.26 Å². The molecule has 0 saturated carbocycles. The maximum Gasteiger partial charge on any atom is 0.329 e. The van der Waals surface area contributed by atoms with Crippen molar-refractivity contribution in [3.63, 3.8) is 0 Å². The van der Waals surface area contributed by atoms with Crippen LogP contribution in [0.2, 0.25) is 0 Å². The van der Waals surface area contributed by atoms with E-state index in [9.17, 15) is 9.59 Å². The molecule has 0 aromatic carbocycles. The molecule has 0 saturated heterocycles. The van der Waals surface area contributed by atoms with Gasteiger partial charge < -0.3 is 11.1 Å². The minimum absolute atomic E-state index is 0.00833. The van der Waals surface area contributed by atoms with E-state index in [1.807, 2.05) is 0 Å². The van der Waals surface area contributed by atoms with Gasteiger partial charge in [0.25, 0.3) is 5.56 Å². The average molecular weight is 195 g/mol. The van der Waals surface area contributed by atoms with Crippen LogP contribution >= 0.6 is 0 Å². The zero-order valence-corrected chi connectivity index (χ0v) is 7.50. The van der Waals surface area contributed by atoms with Crippen LogP contribution < -0.4 is 22.3 Å².